The summed E-state index contributed by atoms with van der Waals surface area (Å²) in [7, 11) is -3.44. The SMILES string of the molecule is O=S(=O)(c1ccc2c(c1)CCCC2)N1CCN(c2ccccc2Cl)CC1. The van der Waals surface area contributed by atoms with E-state index in [1.165, 1.54) is 17.5 Å². The Morgan fingerprint density at radius 2 is 1.54 bits per heavy atom. The van der Waals surface area contributed by atoms with Gasteiger partial charge in [-0.05, 0) is 61.1 Å². The van der Waals surface area contributed by atoms with Gasteiger partial charge in [-0.1, -0.05) is 29.8 Å². The molecule has 1 aliphatic heterocycles. The fourth-order valence-electron chi connectivity index (χ4n) is 3.90. The molecule has 138 valence electrons. The zero-order chi connectivity index (χ0) is 18.1. The summed E-state index contributed by atoms with van der Waals surface area (Å²) in [5, 5.41) is 0.707. The van der Waals surface area contributed by atoms with Crippen LogP contribution in [0.15, 0.2) is 47.4 Å². The Labute approximate surface area is 160 Å². The molecule has 2 aromatic carbocycles. The maximum atomic E-state index is 13.1. The molecular weight excluding hydrogens is 368 g/mol. The molecule has 2 aliphatic rings. The van der Waals surface area contributed by atoms with Crippen molar-refractivity contribution < 1.29 is 8.42 Å². The van der Waals surface area contributed by atoms with Gasteiger partial charge in [0.25, 0.3) is 0 Å². The van der Waals surface area contributed by atoms with Crippen molar-refractivity contribution in [2.75, 3.05) is 31.1 Å². The summed E-state index contributed by atoms with van der Waals surface area (Å²) in [6.45, 7) is 2.25. The summed E-state index contributed by atoms with van der Waals surface area (Å²) < 4.78 is 27.7. The normalized spacial score (nSPS) is 18.6. The molecule has 0 spiro atoms. The van der Waals surface area contributed by atoms with Crippen LogP contribution in [0.3, 0.4) is 0 Å². The van der Waals surface area contributed by atoms with Crippen molar-refractivity contribution in [2.24, 2.45) is 0 Å². The van der Waals surface area contributed by atoms with Gasteiger partial charge in [-0.3, -0.25) is 0 Å². The highest BCUT2D eigenvalue weighted by Gasteiger charge is 2.29. The first-order chi connectivity index (χ1) is 12.6. The lowest BCUT2D eigenvalue weighted by Crippen LogP contribution is -2.48. The average molecular weight is 391 g/mol. The summed E-state index contributed by atoms with van der Waals surface area (Å²) in [4.78, 5) is 2.59. The van der Waals surface area contributed by atoms with Crippen molar-refractivity contribution >= 4 is 27.3 Å². The number of fused-ring (bicyclic) bond motifs is 1. The number of nitrogens with zero attached hydrogens (tertiary/aromatic N) is 2. The Kier molecular flexibility index (Phi) is 4.95. The van der Waals surface area contributed by atoms with Crippen molar-refractivity contribution in [3.8, 4) is 0 Å². The van der Waals surface area contributed by atoms with Gasteiger partial charge in [-0.25, -0.2) is 8.42 Å². The van der Waals surface area contributed by atoms with Crippen LogP contribution in [0.4, 0.5) is 5.69 Å². The number of rotatable bonds is 3. The molecule has 0 N–H and O–H groups in total. The van der Waals surface area contributed by atoms with Gasteiger partial charge in [0, 0.05) is 26.2 Å². The zero-order valence-corrected chi connectivity index (χ0v) is 16.3. The molecule has 0 aromatic heterocycles. The van der Waals surface area contributed by atoms with E-state index in [1.54, 1.807) is 10.4 Å². The molecule has 26 heavy (non-hydrogen) atoms. The number of benzene rings is 2. The van der Waals surface area contributed by atoms with E-state index >= 15 is 0 Å². The fourth-order valence-corrected chi connectivity index (χ4v) is 5.63. The first kappa shape index (κ1) is 17.8. The molecule has 4 nitrogen and oxygen atoms in total. The summed E-state index contributed by atoms with van der Waals surface area (Å²) in [5.41, 5.74) is 3.48. The van der Waals surface area contributed by atoms with E-state index < -0.39 is 10.0 Å². The number of anilines is 1. The van der Waals surface area contributed by atoms with E-state index in [4.69, 9.17) is 11.6 Å². The number of hydrogen-bond donors (Lipinski definition) is 0. The second-order valence-electron chi connectivity index (χ2n) is 6.98. The first-order valence-electron chi connectivity index (χ1n) is 9.17. The maximum absolute atomic E-state index is 13.1. The molecular formula is C20H23ClN2O2S. The van der Waals surface area contributed by atoms with Crippen molar-refractivity contribution in [1.29, 1.82) is 0 Å². The molecule has 0 atom stereocenters. The second-order valence-corrected chi connectivity index (χ2v) is 9.33. The van der Waals surface area contributed by atoms with Crippen molar-refractivity contribution in [1.82, 2.24) is 4.31 Å². The minimum atomic E-state index is -3.44. The predicted molar refractivity (Wildman–Crippen MR) is 106 cm³/mol. The van der Waals surface area contributed by atoms with Crippen LogP contribution in [-0.2, 0) is 22.9 Å². The monoisotopic (exact) mass is 390 g/mol. The Hall–Kier alpha value is -1.56. The van der Waals surface area contributed by atoms with Crippen LogP contribution in [0.1, 0.15) is 24.0 Å². The van der Waals surface area contributed by atoms with Crippen LogP contribution in [-0.4, -0.2) is 38.9 Å². The summed E-state index contributed by atoms with van der Waals surface area (Å²) >= 11 is 6.27. The second kappa shape index (κ2) is 7.22. The van der Waals surface area contributed by atoms with Gasteiger partial charge in [0.1, 0.15) is 0 Å². The number of piperazine rings is 1. The van der Waals surface area contributed by atoms with Gasteiger partial charge in [0.15, 0.2) is 0 Å². The lowest BCUT2D eigenvalue weighted by atomic mass is 9.92. The largest absolute Gasteiger partial charge is 0.368 e. The highest BCUT2D eigenvalue weighted by Crippen LogP contribution is 2.29. The average Bonchev–Trinajstić information content (AvgIpc) is 2.68. The molecule has 0 saturated carbocycles. The molecule has 4 rings (SSSR count). The van der Waals surface area contributed by atoms with Crippen LogP contribution < -0.4 is 4.90 Å². The number of aryl methyl sites for hydroxylation is 2. The third kappa shape index (κ3) is 3.36. The van der Waals surface area contributed by atoms with Gasteiger partial charge in [-0.2, -0.15) is 4.31 Å². The fraction of sp³-hybridized carbons (Fsp3) is 0.400. The molecule has 6 heteroatoms. The van der Waals surface area contributed by atoms with E-state index in [0.717, 1.165) is 24.9 Å². The van der Waals surface area contributed by atoms with Crippen LogP contribution in [0, 0.1) is 0 Å². The van der Waals surface area contributed by atoms with Gasteiger partial charge >= 0.3 is 0 Å². The zero-order valence-electron chi connectivity index (χ0n) is 14.7. The quantitative estimate of drug-likeness (QED) is 0.801. The van der Waals surface area contributed by atoms with E-state index in [-0.39, 0.29) is 0 Å². The summed E-state index contributed by atoms with van der Waals surface area (Å²) in [6.07, 6.45) is 4.39. The molecule has 1 aliphatic carbocycles. The molecule has 2 aromatic rings. The van der Waals surface area contributed by atoms with E-state index in [2.05, 4.69) is 4.90 Å². The maximum Gasteiger partial charge on any atom is 0.243 e. The third-order valence-corrected chi connectivity index (χ3v) is 7.60. The lowest BCUT2D eigenvalue weighted by molar-refractivity contribution is 0.385. The van der Waals surface area contributed by atoms with Gasteiger partial charge in [0.05, 0.1) is 15.6 Å². The van der Waals surface area contributed by atoms with Crippen molar-refractivity contribution in [2.45, 2.75) is 30.6 Å². The molecule has 0 amide bonds. The lowest BCUT2D eigenvalue weighted by Gasteiger charge is -2.35. The molecule has 0 radical (unpaired) electrons. The van der Waals surface area contributed by atoms with Crippen LogP contribution in [0.25, 0.3) is 0 Å². The smallest absolute Gasteiger partial charge is 0.243 e. The highest BCUT2D eigenvalue weighted by molar-refractivity contribution is 7.89. The molecule has 1 fully saturated rings. The van der Waals surface area contributed by atoms with Crippen molar-refractivity contribution in [3.63, 3.8) is 0 Å². The number of halogens is 1. The van der Waals surface area contributed by atoms with Crippen LogP contribution in [0.5, 0.6) is 0 Å². The van der Waals surface area contributed by atoms with Gasteiger partial charge in [0.2, 0.25) is 10.0 Å². The van der Waals surface area contributed by atoms with E-state index in [0.29, 0.717) is 36.1 Å². The van der Waals surface area contributed by atoms with E-state index in [9.17, 15) is 8.42 Å². The molecule has 0 bridgehead atoms. The molecule has 1 saturated heterocycles. The summed E-state index contributed by atoms with van der Waals surface area (Å²) in [6, 6.07) is 13.4. The standard InChI is InChI=1S/C20H23ClN2O2S/c21-19-7-3-4-8-20(19)22-11-13-23(14-12-22)26(24,25)18-10-9-16-5-1-2-6-17(16)15-18/h3-4,7-10,15H,1-2,5-6,11-14H2. The van der Waals surface area contributed by atoms with Crippen LogP contribution in [0.2, 0.25) is 5.02 Å². The van der Waals surface area contributed by atoms with Gasteiger partial charge < -0.3 is 4.90 Å². The highest BCUT2D eigenvalue weighted by atomic mass is 35.5. The Morgan fingerprint density at radius 1 is 0.846 bits per heavy atom. The first-order valence-corrected chi connectivity index (χ1v) is 11.0. The minimum Gasteiger partial charge on any atom is -0.368 e. The predicted octanol–water partition coefficient (Wildman–Crippen LogP) is 3.73. The molecule has 1 heterocycles. The Balaban J connectivity index is 1.51. The third-order valence-electron chi connectivity index (χ3n) is 5.39. The number of hydrogen-bond acceptors (Lipinski definition) is 3. The Bertz CT molecular complexity index is 906. The topological polar surface area (TPSA) is 40.6 Å². The van der Waals surface area contributed by atoms with Gasteiger partial charge in [-0.15, -0.1) is 0 Å². The van der Waals surface area contributed by atoms with Crippen molar-refractivity contribution in [3.05, 3.63) is 58.6 Å². The summed E-state index contributed by atoms with van der Waals surface area (Å²) in [5.74, 6) is 0. The van der Waals surface area contributed by atoms with Crippen LogP contribution >= 0.6 is 11.6 Å². The minimum absolute atomic E-state index is 0.435. The number of sulfonamides is 1. The van der Waals surface area contributed by atoms with E-state index in [1.807, 2.05) is 36.4 Å². The number of para-hydroxylation sites is 1. The molecule has 0 unspecified atom stereocenters. The Morgan fingerprint density at radius 3 is 2.27 bits per heavy atom.